The van der Waals surface area contributed by atoms with Crippen molar-refractivity contribution in [3.05, 3.63) is 21.9 Å². The van der Waals surface area contributed by atoms with Crippen molar-refractivity contribution in [1.82, 2.24) is 15.1 Å². The number of carboxylic acids is 1. The summed E-state index contributed by atoms with van der Waals surface area (Å²) in [7, 11) is 0. The van der Waals surface area contributed by atoms with Gasteiger partial charge < -0.3 is 15.1 Å². The van der Waals surface area contributed by atoms with E-state index in [0.717, 1.165) is 4.90 Å². The first-order chi connectivity index (χ1) is 8.90. The lowest BCUT2D eigenvalue weighted by Gasteiger charge is -2.21. The van der Waals surface area contributed by atoms with Crippen molar-refractivity contribution in [2.75, 3.05) is 6.54 Å². The fourth-order valence-electron chi connectivity index (χ4n) is 1.93. The second kappa shape index (κ2) is 5.28. The number of carboxylic acid groups (broad SMARTS) is 1. The highest BCUT2D eigenvalue weighted by atomic mass is 35.5. The van der Waals surface area contributed by atoms with Gasteiger partial charge in [-0.1, -0.05) is 23.2 Å². The number of β-amino-alcohol motifs (C(OH)–C–C–N with tert-alkyl or cyclic N) is 1. The van der Waals surface area contributed by atoms with Crippen LogP contribution in [-0.2, 0) is 4.79 Å². The fourth-order valence-corrected chi connectivity index (χ4v) is 2.25. The summed E-state index contributed by atoms with van der Waals surface area (Å²) in [5.41, 5.74) is -0.0398. The zero-order valence-electron chi connectivity index (χ0n) is 9.45. The van der Waals surface area contributed by atoms with Crippen molar-refractivity contribution >= 4 is 35.1 Å². The molecule has 0 bridgehead atoms. The van der Waals surface area contributed by atoms with Gasteiger partial charge in [0.05, 0.1) is 11.7 Å². The third-order valence-electron chi connectivity index (χ3n) is 2.77. The third kappa shape index (κ3) is 2.78. The van der Waals surface area contributed by atoms with Crippen molar-refractivity contribution in [2.24, 2.45) is 0 Å². The molecule has 102 valence electrons. The maximum atomic E-state index is 12.2. The van der Waals surface area contributed by atoms with Gasteiger partial charge in [0.25, 0.3) is 5.91 Å². The van der Waals surface area contributed by atoms with Crippen LogP contribution >= 0.6 is 23.2 Å². The second-order valence-electron chi connectivity index (χ2n) is 4.07. The standard InChI is InChI=1S/C10H9Cl2N3O4/c11-7-2-5(8(12)14-13-7)9(17)15-3-4(16)1-6(15)10(18)19/h2,4,6,16H,1,3H2,(H,18,19). The predicted octanol–water partition coefficient (Wildman–Crippen LogP) is 0.443. The number of aliphatic hydroxyl groups excluding tert-OH is 1. The van der Waals surface area contributed by atoms with E-state index in [1.165, 1.54) is 6.07 Å². The maximum absolute atomic E-state index is 12.2. The van der Waals surface area contributed by atoms with E-state index in [-0.39, 0.29) is 28.8 Å². The van der Waals surface area contributed by atoms with Crippen LogP contribution in [0.3, 0.4) is 0 Å². The van der Waals surface area contributed by atoms with Crippen LogP contribution in [0.15, 0.2) is 6.07 Å². The summed E-state index contributed by atoms with van der Waals surface area (Å²) in [6, 6.07) is 0.119. The van der Waals surface area contributed by atoms with Gasteiger partial charge in [-0.05, 0) is 6.07 Å². The van der Waals surface area contributed by atoms with E-state index in [1.807, 2.05) is 0 Å². The summed E-state index contributed by atoms with van der Waals surface area (Å²) in [5.74, 6) is -1.83. The van der Waals surface area contributed by atoms with Crippen LogP contribution in [0.5, 0.6) is 0 Å². The molecular weight excluding hydrogens is 297 g/mol. The summed E-state index contributed by atoms with van der Waals surface area (Å²) in [6.45, 7) is -0.0773. The number of hydrogen-bond acceptors (Lipinski definition) is 5. The van der Waals surface area contributed by atoms with Crippen molar-refractivity contribution in [3.8, 4) is 0 Å². The first-order valence-corrected chi connectivity index (χ1v) is 6.06. The smallest absolute Gasteiger partial charge is 0.326 e. The van der Waals surface area contributed by atoms with E-state index >= 15 is 0 Å². The summed E-state index contributed by atoms with van der Waals surface area (Å²) < 4.78 is 0. The van der Waals surface area contributed by atoms with Crippen LogP contribution in [0.4, 0.5) is 0 Å². The minimum absolute atomic E-state index is 0.0229. The second-order valence-corrected chi connectivity index (χ2v) is 4.82. The Morgan fingerprint density at radius 1 is 1.37 bits per heavy atom. The molecule has 7 nitrogen and oxygen atoms in total. The van der Waals surface area contributed by atoms with Crippen LogP contribution in [0.25, 0.3) is 0 Å². The summed E-state index contributed by atoms with van der Waals surface area (Å²) >= 11 is 11.4. The highest BCUT2D eigenvalue weighted by molar-refractivity contribution is 6.34. The number of likely N-dealkylation sites (tertiary alicyclic amines) is 1. The average molecular weight is 306 g/mol. The predicted molar refractivity (Wildman–Crippen MR) is 65.1 cm³/mol. The zero-order valence-corrected chi connectivity index (χ0v) is 11.0. The largest absolute Gasteiger partial charge is 0.480 e. The molecule has 0 aromatic carbocycles. The average Bonchev–Trinajstić information content (AvgIpc) is 2.74. The molecule has 1 fully saturated rings. The molecule has 0 saturated carbocycles. The molecule has 1 saturated heterocycles. The Kier molecular flexibility index (Phi) is 3.88. The number of nitrogens with zero attached hydrogens (tertiary/aromatic N) is 3. The van der Waals surface area contributed by atoms with E-state index in [1.54, 1.807) is 0 Å². The summed E-state index contributed by atoms with van der Waals surface area (Å²) in [4.78, 5) is 24.3. The highest BCUT2D eigenvalue weighted by Crippen LogP contribution is 2.24. The molecule has 1 aliphatic rings. The molecule has 9 heteroatoms. The molecule has 2 rings (SSSR count). The van der Waals surface area contributed by atoms with E-state index < -0.39 is 24.0 Å². The number of aliphatic carboxylic acids is 1. The number of carbonyl (C=O) groups excluding carboxylic acids is 1. The Morgan fingerprint density at radius 2 is 2.05 bits per heavy atom. The van der Waals surface area contributed by atoms with Gasteiger partial charge in [-0.15, -0.1) is 10.2 Å². The lowest BCUT2D eigenvalue weighted by Crippen LogP contribution is -2.40. The minimum atomic E-state index is -1.19. The van der Waals surface area contributed by atoms with Crippen molar-refractivity contribution < 1.29 is 19.8 Å². The molecule has 2 atom stereocenters. The molecule has 1 amide bonds. The van der Waals surface area contributed by atoms with Crippen LogP contribution in [-0.4, -0.2) is 55.9 Å². The first-order valence-electron chi connectivity index (χ1n) is 5.30. The number of rotatable bonds is 2. The Morgan fingerprint density at radius 3 is 2.68 bits per heavy atom. The lowest BCUT2D eigenvalue weighted by molar-refractivity contribution is -0.141. The van der Waals surface area contributed by atoms with Gasteiger partial charge in [0.2, 0.25) is 0 Å². The molecule has 0 radical (unpaired) electrons. The van der Waals surface area contributed by atoms with Crippen LogP contribution in [0.2, 0.25) is 10.3 Å². The summed E-state index contributed by atoms with van der Waals surface area (Å²) in [5, 5.41) is 25.3. The normalized spacial score (nSPS) is 22.6. The summed E-state index contributed by atoms with van der Waals surface area (Å²) in [6.07, 6.45) is -0.903. The van der Waals surface area contributed by atoms with E-state index in [9.17, 15) is 14.7 Å². The fraction of sp³-hybridized carbons (Fsp3) is 0.400. The molecular formula is C10H9Cl2N3O4. The molecule has 2 unspecified atom stereocenters. The third-order valence-corrected chi connectivity index (χ3v) is 3.24. The van der Waals surface area contributed by atoms with Gasteiger partial charge in [-0.25, -0.2) is 4.79 Å². The highest BCUT2D eigenvalue weighted by Gasteiger charge is 2.40. The Labute approximate surface area is 117 Å². The van der Waals surface area contributed by atoms with Gasteiger partial charge in [0, 0.05) is 13.0 Å². The monoisotopic (exact) mass is 305 g/mol. The van der Waals surface area contributed by atoms with Crippen molar-refractivity contribution in [1.29, 1.82) is 0 Å². The van der Waals surface area contributed by atoms with E-state index in [2.05, 4.69) is 10.2 Å². The lowest BCUT2D eigenvalue weighted by atomic mass is 10.2. The number of halogens is 2. The zero-order chi connectivity index (χ0) is 14.2. The number of aromatic nitrogens is 2. The number of aliphatic hydroxyl groups is 1. The van der Waals surface area contributed by atoms with Gasteiger partial charge >= 0.3 is 5.97 Å². The Balaban J connectivity index is 2.33. The SMILES string of the molecule is O=C(O)C1CC(O)CN1C(=O)c1cc(Cl)nnc1Cl. The quantitative estimate of drug-likeness (QED) is 0.822. The molecule has 2 heterocycles. The van der Waals surface area contributed by atoms with Crippen LogP contribution in [0, 0.1) is 0 Å². The Bertz CT molecular complexity index is 540. The molecule has 1 aliphatic heterocycles. The number of carbonyl (C=O) groups is 2. The first kappa shape index (κ1) is 14.0. The Hall–Kier alpha value is -1.44. The maximum Gasteiger partial charge on any atom is 0.326 e. The molecule has 0 spiro atoms. The molecule has 19 heavy (non-hydrogen) atoms. The molecule has 0 aliphatic carbocycles. The van der Waals surface area contributed by atoms with Gasteiger partial charge in [-0.2, -0.15) is 0 Å². The van der Waals surface area contributed by atoms with Crippen molar-refractivity contribution in [2.45, 2.75) is 18.6 Å². The number of amides is 1. The van der Waals surface area contributed by atoms with Gasteiger partial charge in [-0.3, -0.25) is 4.79 Å². The topological polar surface area (TPSA) is 104 Å². The molecule has 2 N–H and O–H groups in total. The van der Waals surface area contributed by atoms with Gasteiger partial charge in [0.15, 0.2) is 10.3 Å². The van der Waals surface area contributed by atoms with Crippen LogP contribution in [0.1, 0.15) is 16.8 Å². The number of hydrogen-bond donors (Lipinski definition) is 2. The van der Waals surface area contributed by atoms with E-state index in [4.69, 9.17) is 28.3 Å². The van der Waals surface area contributed by atoms with Crippen molar-refractivity contribution in [3.63, 3.8) is 0 Å². The molecule has 1 aromatic rings. The molecule has 1 aromatic heterocycles. The van der Waals surface area contributed by atoms with Crippen LogP contribution < -0.4 is 0 Å². The van der Waals surface area contributed by atoms with Gasteiger partial charge in [0.1, 0.15) is 6.04 Å². The van der Waals surface area contributed by atoms with E-state index in [0.29, 0.717) is 0 Å². The minimum Gasteiger partial charge on any atom is -0.480 e.